The first-order valence-corrected chi connectivity index (χ1v) is 8.04. The Hall–Kier alpha value is -0.790. The third-order valence-corrected chi connectivity index (χ3v) is 4.17. The van der Waals surface area contributed by atoms with Crippen LogP contribution in [0, 0.1) is 5.92 Å². The van der Waals surface area contributed by atoms with Gasteiger partial charge in [0.05, 0.1) is 0 Å². The van der Waals surface area contributed by atoms with E-state index in [2.05, 4.69) is 18.7 Å². The fourth-order valence-corrected chi connectivity index (χ4v) is 2.74. The van der Waals surface area contributed by atoms with E-state index < -0.39 is 5.24 Å². The zero-order valence-electron chi connectivity index (χ0n) is 12.4. The van der Waals surface area contributed by atoms with E-state index in [1.54, 1.807) is 4.90 Å². The lowest BCUT2D eigenvalue weighted by molar-refractivity contribution is 0.152. The van der Waals surface area contributed by atoms with E-state index >= 15 is 0 Å². The fraction of sp³-hybridized carbons (Fsp3) is 0.846. The Kier molecular flexibility index (Phi) is 7.94. The molecular weight excluding hydrogens is 276 g/mol. The molecule has 1 aliphatic heterocycles. The van der Waals surface area contributed by atoms with E-state index in [1.165, 1.54) is 19.3 Å². The van der Waals surface area contributed by atoms with Crippen molar-refractivity contribution in [3.05, 3.63) is 0 Å². The summed E-state index contributed by atoms with van der Waals surface area (Å²) < 4.78 is 0. The molecule has 1 fully saturated rings. The van der Waals surface area contributed by atoms with Crippen molar-refractivity contribution in [3.63, 3.8) is 0 Å². The number of rotatable bonds is 5. The van der Waals surface area contributed by atoms with Crippen LogP contribution in [0.3, 0.4) is 0 Å². The summed E-state index contributed by atoms with van der Waals surface area (Å²) in [5.41, 5.74) is 1.95. The van der Waals surface area contributed by atoms with Gasteiger partial charge in [-0.3, -0.25) is 19.9 Å². The topological polar surface area (TPSA) is 78.7 Å². The number of nitrogens with one attached hydrogen (secondary N) is 1. The fourth-order valence-electron chi connectivity index (χ4n) is 2.22. The second-order valence-electron chi connectivity index (χ2n) is 5.52. The lowest BCUT2D eigenvalue weighted by atomic mass is 10.1. The van der Waals surface area contributed by atoms with E-state index in [4.69, 9.17) is 5.84 Å². The van der Waals surface area contributed by atoms with Crippen molar-refractivity contribution >= 4 is 22.2 Å². The number of unbranched alkanes of at least 4 members (excludes halogenated alkanes) is 1. The number of hydrogen-bond donors (Lipinski definition) is 2. The lowest BCUT2D eigenvalue weighted by Crippen LogP contribution is -2.48. The molecule has 0 aromatic rings. The molecular formula is C13H26N4O2S. The number of nitrogens with zero attached hydrogens (tertiary/aromatic N) is 2. The Labute approximate surface area is 125 Å². The summed E-state index contributed by atoms with van der Waals surface area (Å²) in [5.74, 6) is 5.74. The third-order valence-electron chi connectivity index (χ3n) is 3.43. The minimum Gasteiger partial charge on any atom is -0.331 e. The van der Waals surface area contributed by atoms with Crippen LogP contribution in [-0.4, -0.2) is 53.0 Å². The molecule has 0 spiro atoms. The predicted octanol–water partition coefficient (Wildman–Crippen LogP) is 1.87. The van der Waals surface area contributed by atoms with E-state index in [0.29, 0.717) is 24.9 Å². The summed E-state index contributed by atoms with van der Waals surface area (Å²) >= 11 is 0.625. The molecule has 1 saturated heterocycles. The predicted molar refractivity (Wildman–Crippen MR) is 82.4 cm³/mol. The molecule has 6 nitrogen and oxygen atoms in total. The summed E-state index contributed by atoms with van der Waals surface area (Å²) in [5, 5.41) is -0.724. The summed E-state index contributed by atoms with van der Waals surface area (Å²) in [6.07, 6.45) is 3.77. The number of amides is 2. The summed E-state index contributed by atoms with van der Waals surface area (Å²) in [6.45, 7) is 8.75. The highest BCUT2D eigenvalue weighted by Crippen LogP contribution is 2.13. The van der Waals surface area contributed by atoms with E-state index in [-0.39, 0.29) is 5.24 Å². The van der Waals surface area contributed by atoms with Crippen LogP contribution in [-0.2, 0) is 0 Å². The largest absolute Gasteiger partial charge is 0.331 e. The van der Waals surface area contributed by atoms with E-state index in [9.17, 15) is 9.59 Å². The van der Waals surface area contributed by atoms with Gasteiger partial charge in [0, 0.05) is 37.9 Å². The van der Waals surface area contributed by atoms with Crippen molar-refractivity contribution in [3.8, 4) is 0 Å². The van der Waals surface area contributed by atoms with Gasteiger partial charge in [-0.1, -0.05) is 26.7 Å². The highest BCUT2D eigenvalue weighted by atomic mass is 32.2. The van der Waals surface area contributed by atoms with Crippen LogP contribution in [0.25, 0.3) is 0 Å². The SMILES string of the molecule is CC(C)CCCCN1CCN(C(=O)SC(=O)NN)CC1. The normalized spacial score (nSPS) is 16.5. The van der Waals surface area contributed by atoms with Gasteiger partial charge in [0.25, 0.3) is 5.24 Å². The number of piperazine rings is 1. The van der Waals surface area contributed by atoms with Gasteiger partial charge in [-0.25, -0.2) is 5.84 Å². The second kappa shape index (κ2) is 9.20. The van der Waals surface area contributed by atoms with Gasteiger partial charge in [-0.15, -0.1) is 0 Å². The van der Waals surface area contributed by atoms with Gasteiger partial charge >= 0.3 is 5.24 Å². The van der Waals surface area contributed by atoms with Crippen LogP contribution in [0.5, 0.6) is 0 Å². The van der Waals surface area contributed by atoms with Gasteiger partial charge in [-0.2, -0.15) is 0 Å². The molecule has 2 amide bonds. The average Bonchev–Trinajstić information content (AvgIpc) is 2.43. The highest BCUT2D eigenvalue weighted by molar-refractivity contribution is 8.25. The highest BCUT2D eigenvalue weighted by Gasteiger charge is 2.22. The average molecular weight is 302 g/mol. The molecule has 1 heterocycles. The zero-order chi connectivity index (χ0) is 15.0. The Morgan fingerprint density at radius 2 is 1.85 bits per heavy atom. The van der Waals surface area contributed by atoms with Crippen molar-refractivity contribution in [2.24, 2.45) is 11.8 Å². The maximum Gasteiger partial charge on any atom is 0.302 e. The van der Waals surface area contributed by atoms with Crippen molar-refractivity contribution in [2.45, 2.75) is 33.1 Å². The maximum absolute atomic E-state index is 11.8. The molecule has 0 aliphatic carbocycles. The smallest absolute Gasteiger partial charge is 0.302 e. The second-order valence-corrected chi connectivity index (χ2v) is 6.44. The molecule has 0 aromatic heterocycles. The lowest BCUT2D eigenvalue weighted by Gasteiger charge is -2.34. The third kappa shape index (κ3) is 6.58. The minimum atomic E-state index is -0.508. The van der Waals surface area contributed by atoms with Gasteiger partial charge in [-0.05, 0) is 18.9 Å². The van der Waals surface area contributed by atoms with Crippen LogP contribution >= 0.6 is 11.8 Å². The molecule has 0 radical (unpaired) electrons. The molecule has 1 rings (SSSR count). The number of nitrogens with two attached hydrogens (primary N) is 1. The molecule has 0 atom stereocenters. The van der Waals surface area contributed by atoms with E-state index in [0.717, 1.165) is 25.6 Å². The molecule has 3 N–H and O–H groups in total. The minimum absolute atomic E-state index is 0.215. The number of carbonyl (C=O) groups is 2. The van der Waals surface area contributed by atoms with Crippen molar-refractivity contribution in [1.29, 1.82) is 0 Å². The van der Waals surface area contributed by atoms with Crippen molar-refractivity contribution in [2.75, 3.05) is 32.7 Å². The van der Waals surface area contributed by atoms with Crippen LogP contribution in [0.1, 0.15) is 33.1 Å². The van der Waals surface area contributed by atoms with Crippen LogP contribution in [0.4, 0.5) is 9.59 Å². The molecule has 116 valence electrons. The molecule has 1 aliphatic rings. The van der Waals surface area contributed by atoms with Crippen molar-refractivity contribution in [1.82, 2.24) is 15.2 Å². The maximum atomic E-state index is 11.8. The standard InChI is InChI=1S/C13H26N4O2S/c1-11(2)5-3-4-6-16-7-9-17(10-8-16)13(19)20-12(18)15-14/h11H,3-10,14H2,1-2H3,(H,15,18). The van der Waals surface area contributed by atoms with Gasteiger partial charge in [0.2, 0.25) is 0 Å². The summed E-state index contributed by atoms with van der Waals surface area (Å²) in [7, 11) is 0. The molecule has 20 heavy (non-hydrogen) atoms. The first kappa shape index (κ1) is 17.3. The van der Waals surface area contributed by atoms with Gasteiger partial charge in [0.1, 0.15) is 0 Å². The van der Waals surface area contributed by atoms with Crippen LogP contribution in [0.15, 0.2) is 0 Å². The Bertz CT molecular complexity index is 317. The molecule has 0 aromatic carbocycles. The van der Waals surface area contributed by atoms with Crippen LogP contribution < -0.4 is 11.3 Å². The Morgan fingerprint density at radius 3 is 2.40 bits per heavy atom. The molecule has 0 unspecified atom stereocenters. The zero-order valence-corrected chi connectivity index (χ0v) is 13.2. The number of thioether (sulfide) groups is 1. The quantitative estimate of drug-likeness (QED) is 0.351. The summed E-state index contributed by atoms with van der Waals surface area (Å²) in [4.78, 5) is 26.9. The summed E-state index contributed by atoms with van der Waals surface area (Å²) in [6, 6.07) is 0. The van der Waals surface area contributed by atoms with Crippen LogP contribution in [0.2, 0.25) is 0 Å². The number of hydrogen-bond acceptors (Lipinski definition) is 5. The first-order chi connectivity index (χ1) is 9.52. The molecule has 0 bridgehead atoms. The Balaban J connectivity index is 2.16. The van der Waals surface area contributed by atoms with Gasteiger partial charge in [0.15, 0.2) is 0 Å². The van der Waals surface area contributed by atoms with Gasteiger partial charge < -0.3 is 4.90 Å². The first-order valence-electron chi connectivity index (χ1n) is 7.22. The monoisotopic (exact) mass is 302 g/mol. The molecule has 7 heteroatoms. The number of hydrazine groups is 1. The van der Waals surface area contributed by atoms with E-state index in [1.807, 2.05) is 5.43 Å². The Morgan fingerprint density at radius 1 is 1.20 bits per heavy atom. The molecule has 0 saturated carbocycles. The van der Waals surface area contributed by atoms with Crippen molar-refractivity contribution < 1.29 is 9.59 Å². The number of carbonyl (C=O) groups excluding carboxylic acids is 2.